The number of hydrogen-bond acceptors (Lipinski definition) is 1. The molecule has 0 amide bonds. The fourth-order valence-corrected chi connectivity index (χ4v) is 1.66. The fourth-order valence-electron chi connectivity index (χ4n) is 1.66. The van der Waals surface area contributed by atoms with E-state index in [0.29, 0.717) is 0 Å². The van der Waals surface area contributed by atoms with Crippen molar-refractivity contribution in [1.29, 1.82) is 0 Å². The topological polar surface area (TPSA) is 18.0 Å². The molecule has 1 aromatic rings. The largest absolute Gasteiger partial charge is 0.377 e. The minimum atomic E-state index is 0.815. The molecular formula is C12H23N2O+. The average Bonchev–Trinajstić information content (AvgIpc) is 2.57. The van der Waals surface area contributed by atoms with E-state index in [-0.39, 0.29) is 0 Å². The highest BCUT2D eigenvalue weighted by atomic mass is 16.5. The van der Waals surface area contributed by atoms with Gasteiger partial charge in [0.25, 0.3) is 5.82 Å². The van der Waals surface area contributed by atoms with Crippen LogP contribution in [-0.2, 0) is 17.8 Å². The number of aromatic nitrogens is 2. The van der Waals surface area contributed by atoms with Crippen molar-refractivity contribution in [3.63, 3.8) is 0 Å². The maximum atomic E-state index is 5.48. The molecular weight excluding hydrogens is 188 g/mol. The molecule has 0 N–H and O–H groups in total. The van der Waals surface area contributed by atoms with Crippen LogP contribution in [0.15, 0.2) is 12.4 Å². The Hall–Kier alpha value is -0.830. The number of nitrogens with zero attached hydrogens (tertiary/aromatic N) is 2. The first-order valence-electron chi connectivity index (χ1n) is 5.92. The minimum Gasteiger partial charge on any atom is -0.377 e. The van der Waals surface area contributed by atoms with Gasteiger partial charge in [0.2, 0.25) is 0 Å². The first kappa shape index (κ1) is 12.2. The van der Waals surface area contributed by atoms with Crippen LogP contribution < -0.4 is 4.57 Å². The molecule has 1 aromatic heterocycles. The van der Waals surface area contributed by atoms with Crippen molar-refractivity contribution >= 4 is 0 Å². The van der Waals surface area contributed by atoms with Gasteiger partial charge in [-0.05, 0) is 12.8 Å². The molecule has 1 rings (SSSR count). The van der Waals surface area contributed by atoms with E-state index < -0.39 is 0 Å². The van der Waals surface area contributed by atoms with E-state index in [9.17, 15) is 0 Å². The van der Waals surface area contributed by atoms with Crippen molar-refractivity contribution < 1.29 is 9.30 Å². The van der Waals surface area contributed by atoms with Gasteiger partial charge in [-0.25, -0.2) is 9.13 Å². The first-order chi connectivity index (χ1) is 7.29. The van der Waals surface area contributed by atoms with Gasteiger partial charge in [-0.2, -0.15) is 0 Å². The Labute approximate surface area is 92.7 Å². The lowest BCUT2D eigenvalue weighted by Crippen LogP contribution is -2.35. The molecule has 86 valence electrons. The summed E-state index contributed by atoms with van der Waals surface area (Å²) < 4.78 is 10.0. The molecule has 0 aliphatic rings. The monoisotopic (exact) mass is 211 g/mol. The number of aryl methyl sites for hydroxylation is 1. The first-order valence-corrected chi connectivity index (χ1v) is 5.92. The molecule has 0 unspecified atom stereocenters. The highest BCUT2D eigenvalue weighted by Crippen LogP contribution is 1.95. The maximum Gasteiger partial charge on any atom is 0.253 e. The summed E-state index contributed by atoms with van der Waals surface area (Å²) in [6.07, 6.45) is 6.57. The third-order valence-corrected chi connectivity index (χ3v) is 2.55. The van der Waals surface area contributed by atoms with Crippen LogP contribution >= 0.6 is 0 Å². The minimum absolute atomic E-state index is 0.815. The highest BCUT2D eigenvalue weighted by molar-refractivity contribution is 4.79. The Morgan fingerprint density at radius 1 is 1.27 bits per heavy atom. The SMILES string of the molecule is CCCOCCn1cc[n+](CCC)c1C. The van der Waals surface area contributed by atoms with Crippen molar-refractivity contribution in [2.75, 3.05) is 13.2 Å². The van der Waals surface area contributed by atoms with Gasteiger partial charge in [-0.15, -0.1) is 0 Å². The maximum absolute atomic E-state index is 5.48. The van der Waals surface area contributed by atoms with Gasteiger partial charge in [0.15, 0.2) is 0 Å². The molecule has 3 heteroatoms. The van der Waals surface area contributed by atoms with Crippen molar-refractivity contribution in [2.45, 2.75) is 46.7 Å². The van der Waals surface area contributed by atoms with E-state index in [2.05, 4.69) is 42.3 Å². The quantitative estimate of drug-likeness (QED) is 0.498. The summed E-state index contributed by atoms with van der Waals surface area (Å²) in [5.74, 6) is 1.32. The zero-order chi connectivity index (χ0) is 11.1. The third kappa shape index (κ3) is 3.67. The molecule has 0 aliphatic carbocycles. The second-order valence-electron chi connectivity index (χ2n) is 3.84. The molecule has 0 bridgehead atoms. The molecule has 0 atom stereocenters. The number of imidazole rings is 1. The second-order valence-corrected chi connectivity index (χ2v) is 3.84. The molecule has 0 saturated heterocycles. The van der Waals surface area contributed by atoms with E-state index >= 15 is 0 Å². The summed E-state index contributed by atoms with van der Waals surface area (Å²) in [5.41, 5.74) is 0. The zero-order valence-electron chi connectivity index (χ0n) is 10.2. The second kappa shape index (κ2) is 6.62. The predicted molar refractivity (Wildman–Crippen MR) is 60.8 cm³/mol. The van der Waals surface area contributed by atoms with E-state index in [4.69, 9.17) is 4.74 Å². The predicted octanol–water partition coefficient (Wildman–Crippen LogP) is 1.92. The lowest BCUT2D eigenvalue weighted by atomic mass is 10.4. The van der Waals surface area contributed by atoms with Crippen LogP contribution in [0.5, 0.6) is 0 Å². The Morgan fingerprint density at radius 2 is 2.07 bits per heavy atom. The van der Waals surface area contributed by atoms with Crippen LogP contribution in [0, 0.1) is 6.92 Å². The summed E-state index contributed by atoms with van der Waals surface area (Å²) in [5, 5.41) is 0. The summed E-state index contributed by atoms with van der Waals surface area (Å²) in [4.78, 5) is 0. The van der Waals surface area contributed by atoms with Crippen molar-refractivity contribution in [3.05, 3.63) is 18.2 Å². The Kier molecular flexibility index (Phi) is 5.40. The summed E-state index contributed by atoms with van der Waals surface area (Å²) in [6, 6.07) is 0. The fraction of sp³-hybridized carbons (Fsp3) is 0.750. The van der Waals surface area contributed by atoms with Gasteiger partial charge in [0, 0.05) is 13.5 Å². The summed E-state index contributed by atoms with van der Waals surface area (Å²) in [6.45, 7) is 10.3. The van der Waals surface area contributed by atoms with Crippen LogP contribution in [0.1, 0.15) is 32.5 Å². The van der Waals surface area contributed by atoms with Gasteiger partial charge >= 0.3 is 0 Å². The van der Waals surface area contributed by atoms with Crippen LogP contribution in [0.3, 0.4) is 0 Å². The molecule has 1 heterocycles. The van der Waals surface area contributed by atoms with Crippen molar-refractivity contribution in [2.24, 2.45) is 0 Å². The molecule has 0 aromatic carbocycles. The van der Waals surface area contributed by atoms with Crippen LogP contribution in [0.4, 0.5) is 0 Å². The van der Waals surface area contributed by atoms with E-state index in [0.717, 1.165) is 32.7 Å². The lowest BCUT2D eigenvalue weighted by molar-refractivity contribution is -0.702. The average molecular weight is 211 g/mol. The number of rotatable bonds is 7. The number of hydrogen-bond donors (Lipinski definition) is 0. The highest BCUT2D eigenvalue weighted by Gasteiger charge is 2.10. The lowest BCUT2D eigenvalue weighted by Gasteiger charge is -2.01. The third-order valence-electron chi connectivity index (χ3n) is 2.55. The van der Waals surface area contributed by atoms with Crippen molar-refractivity contribution in [1.82, 2.24) is 4.57 Å². The van der Waals surface area contributed by atoms with E-state index in [1.54, 1.807) is 0 Å². The molecule has 15 heavy (non-hydrogen) atoms. The van der Waals surface area contributed by atoms with Gasteiger partial charge in [-0.1, -0.05) is 13.8 Å². The zero-order valence-corrected chi connectivity index (χ0v) is 10.2. The number of ether oxygens (including phenoxy) is 1. The van der Waals surface area contributed by atoms with Crippen LogP contribution in [0.25, 0.3) is 0 Å². The molecule has 0 fully saturated rings. The summed E-state index contributed by atoms with van der Waals surface area (Å²) >= 11 is 0. The van der Waals surface area contributed by atoms with Gasteiger partial charge in [0.1, 0.15) is 18.9 Å². The van der Waals surface area contributed by atoms with Crippen LogP contribution in [-0.4, -0.2) is 17.8 Å². The van der Waals surface area contributed by atoms with Gasteiger partial charge in [-0.3, -0.25) is 0 Å². The smallest absolute Gasteiger partial charge is 0.253 e. The van der Waals surface area contributed by atoms with Gasteiger partial charge in [0.05, 0.1) is 13.2 Å². The van der Waals surface area contributed by atoms with E-state index in [1.807, 2.05) is 0 Å². The van der Waals surface area contributed by atoms with Gasteiger partial charge < -0.3 is 4.74 Å². The van der Waals surface area contributed by atoms with Crippen molar-refractivity contribution in [3.8, 4) is 0 Å². The standard InChI is InChI=1S/C12H23N2O/c1-4-6-13-7-8-14(12(13)3)9-11-15-10-5-2/h7-8H,4-6,9-11H2,1-3H3/q+1. The molecule has 0 saturated carbocycles. The van der Waals surface area contributed by atoms with Crippen LogP contribution in [0.2, 0.25) is 0 Å². The molecule has 0 spiro atoms. The normalized spacial score (nSPS) is 10.9. The summed E-state index contributed by atoms with van der Waals surface area (Å²) in [7, 11) is 0. The molecule has 0 radical (unpaired) electrons. The Balaban J connectivity index is 2.40. The molecule has 3 nitrogen and oxygen atoms in total. The Bertz CT molecular complexity index is 281. The van der Waals surface area contributed by atoms with E-state index in [1.165, 1.54) is 12.2 Å². The molecule has 0 aliphatic heterocycles. The Morgan fingerprint density at radius 3 is 2.73 bits per heavy atom.